The fourth-order valence-electron chi connectivity index (χ4n) is 1.53. The van der Waals surface area contributed by atoms with Gasteiger partial charge >= 0.3 is 0 Å². The second-order valence-electron chi connectivity index (χ2n) is 3.84. The third kappa shape index (κ3) is 3.55. The molecular weight excluding hydrogens is 335 g/mol. The van der Waals surface area contributed by atoms with Gasteiger partial charge in [0.25, 0.3) is 0 Å². The summed E-state index contributed by atoms with van der Waals surface area (Å²) in [5, 5.41) is 0.0486. The van der Waals surface area contributed by atoms with Crippen LogP contribution in [0.3, 0.4) is 0 Å². The van der Waals surface area contributed by atoms with Crippen molar-refractivity contribution in [2.45, 2.75) is 6.61 Å². The molecule has 0 atom stereocenters. The Kier molecular flexibility index (Phi) is 4.56. The molecule has 0 radical (unpaired) electrons. The lowest BCUT2D eigenvalue weighted by atomic mass is 10.2. The van der Waals surface area contributed by atoms with Crippen molar-refractivity contribution in [1.82, 2.24) is 0 Å². The zero-order chi connectivity index (χ0) is 13.8. The second kappa shape index (κ2) is 6.17. The Morgan fingerprint density at radius 1 is 1.26 bits per heavy atom. The Bertz CT molecular complexity index is 616. The molecule has 0 spiro atoms. The largest absolute Gasteiger partial charge is 0.488 e. The van der Waals surface area contributed by atoms with Gasteiger partial charge in [-0.05, 0) is 35.9 Å². The predicted molar refractivity (Wildman–Crippen MR) is 75.3 cm³/mol. The highest BCUT2D eigenvalue weighted by Crippen LogP contribution is 2.23. The minimum absolute atomic E-state index is 0.0486. The van der Waals surface area contributed by atoms with E-state index in [-0.39, 0.29) is 11.6 Å². The molecule has 0 unspecified atom stereocenters. The summed E-state index contributed by atoms with van der Waals surface area (Å²) in [6, 6.07) is 9.50. The van der Waals surface area contributed by atoms with Gasteiger partial charge in [0.15, 0.2) is 6.29 Å². The van der Waals surface area contributed by atoms with Crippen LogP contribution in [-0.4, -0.2) is 6.29 Å². The molecule has 0 fully saturated rings. The zero-order valence-electron chi connectivity index (χ0n) is 9.70. The molecule has 0 N–H and O–H groups in total. The van der Waals surface area contributed by atoms with Gasteiger partial charge in [0.1, 0.15) is 18.2 Å². The Balaban J connectivity index is 2.14. The average molecular weight is 344 g/mol. The lowest BCUT2D eigenvalue weighted by Crippen LogP contribution is -1.98. The topological polar surface area (TPSA) is 26.3 Å². The average Bonchev–Trinajstić information content (AvgIpc) is 2.41. The number of halogens is 3. The van der Waals surface area contributed by atoms with E-state index >= 15 is 0 Å². The monoisotopic (exact) mass is 342 g/mol. The van der Waals surface area contributed by atoms with Gasteiger partial charge in [-0.3, -0.25) is 4.79 Å². The van der Waals surface area contributed by atoms with Gasteiger partial charge in [-0.2, -0.15) is 0 Å². The van der Waals surface area contributed by atoms with Crippen LogP contribution in [0.4, 0.5) is 4.39 Å². The van der Waals surface area contributed by atoms with Crippen LogP contribution in [-0.2, 0) is 6.61 Å². The van der Waals surface area contributed by atoms with Gasteiger partial charge in [0, 0.05) is 4.47 Å². The molecule has 98 valence electrons. The molecule has 0 saturated carbocycles. The summed E-state index contributed by atoms with van der Waals surface area (Å²) in [4.78, 5) is 10.9. The smallest absolute Gasteiger partial charge is 0.153 e. The third-order valence-electron chi connectivity index (χ3n) is 2.48. The van der Waals surface area contributed by atoms with Gasteiger partial charge in [0.2, 0.25) is 0 Å². The molecule has 0 aromatic heterocycles. The number of ether oxygens (including phenoxy) is 1. The van der Waals surface area contributed by atoms with Crippen LogP contribution in [0, 0.1) is 5.82 Å². The van der Waals surface area contributed by atoms with E-state index in [0.717, 1.165) is 16.3 Å². The summed E-state index contributed by atoms with van der Waals surface area (Å²) in [6.07, 6.45) is 0.720. The van der Waals surface area contributed by atoms with E-state index in [0.29, 0.717) is 11.3 Å². The van der Waals surface area contributed by atoms with Crippen molar-refractivity contribution >= 4 is 33.8 Å². The molecule has 0 amide bonds. The molecule has 0 heterocycles. The van der Waals surface area contributed by atoms with E-state index in [2.05, 4.69) is 15.9 Å². The maximum absolute atomic E-state index is 13.0. The maximum Gasteiger partial charge on any atom is 0.153 e. The highest BCUT2D eigenvalue weighted by molar-refractivity contribution is 9.10. The van der Waals surface area contributed by atoms with Crippen LogP contribution >= 0.6 is 27.5 Å². The van der Waals surface area contributed by atoms with Gasteiger partial charge in [0.05, 0.1) is 10.6 Å². The first-order valence-electron chi connectivity index (χ1n) is 5.41. The molecule has 0 aliphatic rings. The van der Waals surface area contributed by atoms with Crippen molar-refractivity contribution in [3.63, 3.8) is 0 Å². The van der Waals surface area contributed by atoms with Crippen molar-refractivity contribution in [2.75, 3.05) is 0 Å². The van der Waals surface area contributed by atoms with E-state index in [1.165, 1.54) is 12.1 Å². The molecule has 2 aromatic rings. The summed E-state index contributed by atoms with van der Waals surface area (Å²) < 4.78 is 19.3. The molecule has 5 heteroatoms. The fraction of sp³-hybridized carbons (Fsp3) is 0.0714. The molecule has 2 rings (SSSR count). The van der Waals surface area contributed by atoms with E-state index in [4.69, 9.17) is 16.3 Å². The van der Waals surface area contributed by atoms with Gasteiger partial charge in [-0.15, -0.1) is 0 Å². The molecular formula is C14H9BrClFO2. The van der Waals surface area contributed by atoms with E-state index in [1.807, 2.05) is 0 Å². The summed E-state index contributed by atoms with van der Waals surface area (Å²) >= 11 is 8.96. The van der Waals surface area contributed by atoms with Crippen LogP contribution in [0.25, 0.3) is 0 Å². The van der Waals surface area contributed by atoms with Gasteiger partial charge in [-0.25, -0.2) is 4.39 Å². The fourth-order valence-corrected chi connectivity index (χ4v) is 2.12. The number of hydrogen-bond acceptors (Lipinski definition) is 2. The summed E-state index contributed by atoms with van der Waals surface area (Å²) in [5.74, 6) is 0.00119. The summed E-state index contributed by atoms with van der Waals surface area (Å²) in [6.45, 7) is 0.211. The van der Waals surface area contributed by atoms with Crippen molar-refractivity contribution in [2.24, 2.45) is 0 Å². The molecule has 0 saturated heterocycles. The zero-order valence-corrected chi connectivity index (χ0v) is 12.0. The van der Waals surface area contributed by atoms with E-state index < -0.39 is 5.82 Å². The highest BCUT2D eigenvalue weighted by atomic mass is 79.9. The van der Waals surface area contributed by atoms with Crippen LogP contribution in [0.1, 0.15) is 15.9 Å². The van der Waals surface area contributed by atoms with Crippen molar-refractivity contribution in [3.8, 4) is 5.75 Å². The molecule has 0 aliphatic heterocycles. The first-order chi connectivity index (χ1) is 9.10. The van der Waals surface area contributed by atoms with Gasteiger partial charge in [-0.1, -0.05) is 33.6 Å². The van der Waals surface area contributed by atoms with Crippen LogP contribution < -0.4 is 4.74 Å². The first kappa shape index (κ1) is 14.0. The summed E-state index contributed by atoms with van der Waals surface area (Å²) in [5.41, 5.74) is 1.17. The van der Waals surface area contributed by atoms with Crippen LogP contribution in [0.5, 0.6) is 5.75 Å². The van der Waals surface area contributed by atoms with Crippen molar-refractivity contribution in [3.05, 3.63) is 62.8 Å². The maximum atomic E-state index is 13.0. The molecule has 0 bridgehead atoms. The second-order valence-corrected chi connectivity index (χ2v) is 5.16. The van der Waals surface area contributed by atoms with Crippen LogP contribution in [0.2, 0.25) is 5.02 Å². The quantitative estimate of drug-likeness (QED) is 0.756. The number of hydrogen-bond donors (Lipinski definition) is 0. The molecule has 2 nitrogen and oxygen atoms in total. The third-order valence-corrected chi connectivity index (χ3v) is 3.26. The van der Waals surface area contributed by atoms with Crippen molar-refractivity contribution in [1.29, 1.82) is 0 Å². The van der Waals surface area contributed by atoms with E-state index in [9.17, 15) is 9.18 Å². The minimum atomic E-state index is -0.470. The number of benzene rings is 2. The standard InChI is InChI=1S/C14H9BrClFO2/c15-11-2-4-14(10(6-11)7-18)19-8-9-1-3-13(17)12(16)5-9/h1-7H,8H2. The molecule has 2 aromatic carbocycles. The number of carbonyl (C=O) groups is 1. The van der Waals surface area contributed by atoms with Crippen molar-refractivity contribution < 1.29 is 13.9 Å². The Hall–Kier alpha value is -1.39. The van der Waals surface area contributed by atoms with Crippen LogP contribution in [0.15, 0.2) is 40.9 Å². The summed E-state index contributed by atoms with van der Waals surface area (Å²) in [7, 11) is 0. The van der Waals surface area contributed by atoms with E-state index in [1.54, 1.807) is 24.3 Å². The number of rotatable bonds is 4. The predicted octanol–water partition coefficient (Wildman–Crippen LogP) is 4.63. The number of carbonyl (C=O) groups excluding carboxylic acids is 1. The van der Waals surface area contributed by atoms with Gasteiger partial charge < -0.3 is 4.74 Å². The molecule has 0 aliphatic carbocycles. The number of aldehydes is 1. The minimum Gasteiger partial charge on any atom is -0.488 e. The lowest BCUT2D eigenvalue weighted by molar-refractivity contribution is 0.111. The SMILES string of the molecule is O=Cc1cc(Br)ccc1OCc1ccc(F)c(Cl)c1. The first-order valence-corrected chi connectivity index (χ1v) is 6.58. The Morgan fingerprint density at radius 3 is 2.74 bits per heavy atom. The normalized spacial score (nSPS) is 10.3. The Labute approximate surface area is 123 Å². The Morgan fingerprint density at radius 2 is 2.05 bits per heavy atom. The highest BCUT2D eigenvalue weighted by Gasteiger charge is 2.05. The lowest BCUT2D eigenvalue weighted by Gasteiger charge is -2.09. The molecule has 19 heavy (non-hydrogen) atoms.